The molecule has 748 valence electrons. The fourth-order valence-electron chi connectivity index (χ4n) is 20.8. The first kappa shape index (κ1) is 108. The molecule has 0 radical (unpaired) electrons. The van der Waals surface area contributed by atoms with E-state index in [9.17, 15) is 65.1 Å². The monoisotopic (exact) mass is 2050 g/mol. The Kier molecular flexibility index (Phi) is 36.9. The number of aliphatic hydroxyl groups is 1. The Hall–Kier alpha value is -9.43. The van der Waals surface area contributed by atoms with E-state index in [0.717, 1.165) is 138 Å². The molecule has 0 unspecified atom stereocenters. The van der Waals surface area contributed by atoms with Crippen molar-refractivity contribution in [2.75, 3.05) is 27.4 Å². The van der Waals surface area contributed by atoms with E-state index in [-0.39, 0.29) is 73.2 Å². The van der Waals surface area contributed by atoms with Crippen LogP contribution in [0.15, 0.2) is 295 Å². The maximum atomic E-state index is 14.3. The zero-order valence-corrected chi connectivity index (χ0v) is 86.6. The number of esters is 1. The number of hydrogen-bond donors (Lipinski definition) is 2. The van der Waals surface area contributed by atoms with Crippen molar-refractivity contribution < 1.29 is 93.2 Å². The van der Waals surface area contributed by atoms with Crippen molar-refractivity contribution in [2.45, 2.75) is 269 Å². The van der Waals surface area contributed by atoms with Gasteiger partial charge < -0.3 is 32.6 Å². The number of aryl methyl sites for hydroxylation is 1. The zero-order valence-electron chi connectivity index (χ0n) is 80.9. The number of carbonyl (C=O) groups is 1. The fourth-order valence-corrected chi connectivity index (χ4v) is 30.5. The molecule has 7 aliphatic carbocycles. The highest BCUT2D eigenvalue weighted by molar-refractivity contribution is 8.05. The predicted octanol–water partition coefficient (Wildman–Crippen LogP) is 28.0. The highest BCUT2D eigenvalue weighted by Crippen LogP contribution is 2.61. The molecule has 4 bridgehead atoms. The molecule has 11 aromatic carbocycles. The second-order valence-electron chi connectivity index (χ2n) is 38.5. The molecule has 2 N–H and O–H groups in total. The van der Waals surface area contributed by atoms with Crippen LogP contribution in [0.1, 0.15) is 256 Å². The van der Waals surface area contributed by atoms with Crippen LogP contribution in [0.5, 0.6) is 17.2 Å². The molecule has 0 aliphatic heterocycles. The number of benzene rings is 11. The van der Waals surface area contributed by atoms with Crippen LogP contribution in [-0.4, -0.2) is 95.7 Å². The first-order valence-electron chi connectivity index (χ1n) is 48.4. The van der Waals surface area contributed by atoms with Gasteiger partial charge in [-0.25, -0.2) is 16.8 Å². The Morgan fingerprint density at radius 3 is 1.24 bits per heavy atom. The number of alkyl halides is 4. The smallest absolute Gasteiger partial charge is 0.470 e. The van der Waals surface area contributed by atoms with Crippen LogP contribution in [-0.2, 0) is 78.2 Å². The van der Waals surface area contributed by atoms with E-state index in [1.54, 1.807) is 14.2 Å². The van der Waals surface area contributed by atoms with E-state index in [0.29, 0.717) is 71.1 Å². The SMILES string of the molecule is CC(C)c1cc(C(C)C)c(S(=O)(=O)[O-])c(C(C)C)c1.COc1cccc([S+](c2cccc(C)c2)c2cccc(OC)c2)c1.O=C(OCC(F)(F)S(=O)(=O)O)C12CC3CC(CC(C3)C1)C2.O=S(=O)([O-])C(F)(F)S(=O)(=O)Oc1c(C2CCCCC2)cc(C2CCCCC2)cc1C1CCCCC1.OCCc1ccc(-[s+]2c3ccccc3c3ccccc32)cc1.c1ccc([S+](c2ccccc2)c2ccccc2)cc1. The summed E-state index contributed by atoms with van der Waals surface area (Å²) >= 11 is 0. The first-order valence-corrected chi connectivity index (χ1v) is 57.8. The largest absolute Gasteiger partial charge is 0.744 e. The number of carbonyl (C=O) groups excluding carboxylic acids is 1. The Bertz CT molecular complexity index is 6350. The molecule has 0 amide bonds. The third kappa shape index (κ3) is 26.6. The summed E-state index contributed by atoms with van der Waals surface area (Å²) < 4.78 is 196. The van der Waals surface area contributed by atoms with Crippen LogP contribution in [0.4, 0.5) is 17.6 Å². The molecule has 1 aromatic heterocycles. The van der Waals surface area contributed by atoms with Crippen LogP contribution >= 0.6 is 10.5 Å². The minimum atomic E-state index is -6.48. The van der Waals surface area contributed by atoms with Crippen molar-refractivity contribution in [2.24, 2.45) is 23.2 Å². The summed E-state index contributed by atoms with van der Waals surface area (Å²) in [7, 11) is -19.4. The zero-order chi connectivity index (χ0) is 100. The number of methoxy groups -OCH3 is 2. The van der Waals surface area contributed by atoms with Crippen LogP contribution in [0.3, 0.4) is 0 Å². The fraction of sp³-hybridized carbons (Fsp3) is 0.402. The molecule has 0 spiro atoms. The number of rotatable bonds is 26. The highest BCUT2D eigenvalue weighted by Gasteiger charge is 2.58. The highest BCUT2D eigenvalue weighted by atomic mass is 32.3. The maximum absolute atomic E-state index is 14.3. The summed E-state index contributed by atoms with van der Waals surface area (Å²) in [6.45, 7) is 12.5. The molecule has 1 heterocycles. The molecular formula is C112H129F4O17S7+. The second kappa shape index (κ2) is 47.8. The maximum Gasteiger partial charge on any atom is 0.470 e. The first-order chi connectivity index (χ1) is 66.7. The standard InChI is InChI=1S/C25H36F2O6S2.C21H21O2S.C20H17OS.C18H15S.C15H24O3S.C13H18F2O5S/c26-25(27,34(28,29)30)35(31,32)33-24-22(19-12-6-2-7-13-19)16-21(18-10-4-1-5-11-18)17-23(24)20-14-8-3-9-15-20;1-16-7-4-10-19(13-16)24(20-11-5-8-17(14-20)22-2)21-12-6-9-18(15-21)23-3;21-14-13-15-9-11-16(12-10-15)22-19-7-3-1-5-17(19)18-6-2-4-8-20(18)22;1-4-10-16(11-5-1)19(17-12-6-2-7-13-17)18-14-8-3-9-15-18;1-9(2)12-7-13(10(3)4)15(19(16,17)18)14(8-12)11(5)6;14-13(15,21(17,18)19)7-20-11(16)12-4-8-1-9(5-12)3-10(2-8)6-12/h16-20H,1-15H2,(H,28,29,30);4-15H,1-3H3;1-12,21H,13-14H2;1-15H;7-11H,1-6H3,(H,16,17,18);8-10H,1-7H2,(H,17,18,19)/q;3*+1;;/p-2. The molecule has 17 nitrogen and oxygen atoms in total. The van der Waals surface area contributed by atoms with Gasteiger partial charge in [-0.05, 0) is 297 Å². The van der Waals surface area contributed by atoms with Crippen molar-refractivity contribution in [3.05, 3.63) is 305 Å². The lowest BCUT2D eigenvalue weighted by Crippen LogP contribution is -2.51. The van der Waals surface area contributed by atoms with Gasteiger partial charge in [0.1, 0.15) is 27.4 Å². The van der Waals surface area contributed by atoms with Gasteiger partial charge >= 0.3 is 36.0 Å². The Morgan fingerprint density at radius 1 is 0.471 bits per heavy atom. The van der Waals surface area contributed by atoms with E-state index in [1.807, 2.05) is 76.2 Å². The van der Waals surface area contributed by atoms with E-state index in [2.05, 4.69) is 238 Å². The molecule has 28 heteroatoms. The van der Waals surface area contributed by atoms with Crippen molar-refractivity contribution >= 4 is 98.9 Å². The summed E-state index contributed by atoms with van der Waals surface area (Å²) in [5.74, 6) is 2.74. The van der Waals surface area contributed by atoms with Crippen LogP contribution in [0.25, 0.3) is 25.1 Å². The number of hydrogen-bond acceptors (Lipinski definition) is 16. The molecule has 0 saturated heterocycles. The molecule has 0 atom stereocenters. The summed E-state index contributed by atoms with van der Waals surface area (Å²) in [5.41, 5.74) is 6.36. The predicted molar refractivity (Wildman–Crippen MR) is 550 cm³/mol. The molecule has 7 aliphatic rings. The molecule has 7 saturated carbocycles. The number of fused-ring (bicyclic) bond motifs is 3. The van der Waals surface area contributed by atoms with Crippen molar-refractivity contribution in [3.63, 3.8) is 0 Å². The van der Waals surface area contributed by atoms with Crippen LogP contribution < -0.4 is 13.7 Å². The van der Waals surface area contributed by atoms with Crippen molar-refractivity contribution in [1.82, 2.24) is 0 Å². The average molecular weight is 2050 g/mol. The molecule has 12 aromatic rings. The number of aliphatic hydroxyl groups excluding tert-OH is 1. The third-order valence-electron chi connectivity index (χ3n) is 27.4. The summed E-state index contributed by atoms with van der Waals surface area (Å²) in [4.78, 5) is 21.4. The van der Waals surface area contributed by atoms with Gasteiger partial charge in [0.2, 0.25) is 0 Å². The summed E-state index contributed by atoms with van der Waals surface area (Å²) in [6, 6.07) is 91.2. The van der Waals surface area contributed by atoms with Gasteiger partial charge in [-0.15, -0.1) is 0 Å². The van der Waals surface area contributed by atoms with E-state index < -0.39 is 68.3 Å². The van der Waals surface area contributed by atoms with Crippen molar-refractivity contribution in [1.29, 1.82) is 0 Å². The number of thiophene rings is 1. The second-order valence-corrected chi connectivity index (χ2v) is 50.6. The van der Waals surface area contributed by atoms with Gasteiger partial charge in [0.05, 0.1) is 46.3 Å². The van der Waals surface area contributed by atoms with E-state index in [4.69, 9.17) is 23.3 Å². The molecule has 19 rings (SSSR count). The minimum Gasteiger partial charge on any atom is -0.744 e. The van der Waals surface area contributed by atoms with E-state index in [1.165, 1.54) is 72.0 Å². The Labute approximate surface area is 833 Å². The quantitative estimate of drug-likeness (QED) is 0.0168. The average Bonchev–Trinajstić information content (AvgIpc) is 1.10. The van der Waals surface area contributed by atoms with Gasteiger partial charge in [-0.1, -0.05) is 239 Å². The number of halogens is 4. The summed E-state index contributed by atoms with van der Waals surface area (Å²) in [6.07, 6.45) is 20.4. The molecular weight excluding hydrogens is 1920 g/mol. The van der Waals surface area contributed by atoms with E-state index >= 15 is 0 Å². The Balaban J connectivity index is 0.000000144. The lowest BCUT2D eigenvalue weighted by Gasteiger charge is -2.55. The van der Waals surface area contributed by atoms with Gasteiger partial charge in [-0.2, -0.15) is 34.4 Å². The number of ether oxygens (including phenoxy) is 3. The lowest BCUT2D eigenvalue weighted by molar-refractivity contribution is -0.176. The normalized spacial score (nSPS) is 18.1. The van der Waals surface area contributed by atoms with Gasteiger partial charge in [0.15, 0.2) is 60.4 Å². The topological polar surface area (TPSA) is 277 Å². The molecule has 140 heavy (non-hydrogen) atoms. The Morgan fingerprint density at radius 2 is 0.857 bits per heavy atom. The van der Waals surface area contributed by atoms with Gasteiger partial charge in [-0.3, -0.25) is 9.35 Å². The van der Waals surface area contributed by atoms with Crippen LogP contribution in [0, 0.1) is 30.1 Å². The minimum absolute atomic E-state index is 0.00919. The van der Waals surface area contributed by atoms with Gasteiger partial charge in [0.25, 0.3) is 0 Å². The van der Waals surface area contributed by atoms with Gasteiger partial charge in [0, 0.05) is 40.0 Å². The lowest BCUT2D eigenvalue weighted by atomic mass is 9.49. The molecule has 7 fully saturated rings. The van der Waals surface area contributed by atoms with Crippen molar-refractivity contribution in [3.8, 4) is 22.1 Å². The summed E-state index contributed by atoms with van der Waals surface area (Å²) in [5, 5.41) is 7.33. The third-order valence-corrected chi connectivity index (χ3v) is 38.8. The van der Waals surface area contributed by atoms with Crippen LogP contribution in [0.2, 0.25) is 0 Å².